The van der Waals surface area contributed by atoms with Crippen LogP contribution in [0.5, 0.6) is 0 Å². The van der Waals surface area contributed by atoms with Crippen LogP contribution in [0.1, 0.15) is 6.42 Å². The van der Waals surface area contributed by atoms with Gasteiger partial charge in [-0.25, -0.2) is 0 Å². The maximum absolute atomic E-state index is 9.57. The van der Waals surface area contributed by atoms with Gasteiger partial charge in [-0.15, -0.1) is 0 Å². The van der Waals surface area contributed by atoms with Gasteiger partial charge in [0.05, 0.1) is 10.0 Å². The van der Waals surface area contributed by atoms with Crippen LogP contribution >= 0.6 is 45.2 Å². The second-order valence-corrected chi connectivity index (χ2v) is 8.14. The van der Waals surface area contributed by atoms with Gasteiger partial charge in [0.2, 0.25) is 0 Å². The van der Waals surface area contributed by atoms with Gasteiger partial charge in [0.1, 0.15) is 0 Å². The first-order valence-electron chi connectivity index (χ1n) is 5.07. The summed E-state index contributed by atoms with van der Waals surface area (Å²) in [7, 11) is 0. The number of hydrogen-bond acceptors (Lipinski definition) is 1. The third-order valence-corrected chi connectivity index (χ3v) is 7.86. The molecule has 0 saturated heterocycles. The van der Waals surface area contributed by atoms with Gasteiger partial charge in [-0.3, -0.25) is 0 Å². The smallest absolute Gasteiger partial charge is 0.0709 e. The van der Waals surface area contributed by atoms with Gasteiger partial charge in [-0.05, 0) is 29.4 Å². The topological polar surface area (TPSA) is 20.2 Å². The molecule has 0 aromatic heterocycles. The predicted molar refractivity (Wildman–Crippen MR) is 71.8 cm³/mol. The molecule has 0 aliphatic heterocycles. The predicted octanol–water partition coefficient (Wildman–Crippen LogP) is 2.47. The van der Waals surface area contributed by atoms with Gasteiger partial charge in [0.15, 0.2) is 0 Å². The summed E-state index contributed by atoms with van der Waals surface area (Å²) >= 11 is 5.10. The Morgan fingerprint density at radius 1 is 1.57 bits per heavy atom. The molecular weight excluding hydrogens is 402 g/mol. The summed E-state index contributed by atoms with van der Waals surface area (Å²) in [5.74, 6) is 2.35. The molecule has 14 heavy (non-hydrogen) atoms. The molecule has 0 amide bonds. The van der Waals surface area contributed by atoms with E-state index in [9.17, 15) is 5.11 Å². The fraction of sp³-hybridized carbons (Fsp3) is 0.636. The van der Waals surface area contributed by atoms with Crippen molar-refractivity contribution in [2.24, 2.45) is 17.8 Å². The van der Waals surface area contributed by atoms with Crippen LogP contribution < -0.4 is 0 Å². The summed E-state index contributed by atoms with van der Waals surface area (Å²) in [4.78, 5) is 0. The van der Waals surface area contributed by atoms with Crippen LogP contribution in [0.3, 0.4) is 0 Å². The molecule has 2 bridgehead atoms. The molecule has 1 N–H and O–H groups in total. The van der Waals surface area contributed by atoms with E-state index in [1.54, 1.807) is 11.1 Å². The molecule has 0 aromatic rings. The molecular formula is C11H10I2O. The Bertz CT molecular complexity index is 412. The van der Waals surface area contributed by atoms with Crippen molar-refractivity contribution in [1.82, 2.24) is 0 Å². The Balaban J connectivity index is 1.94. The van der Waals surface area contributed by atoms with Crippen LogP contribution in [-0.4, -0.2) is 19.1 Å². The Morgan fingerprint density at radius 2 is 2.36 bits per heavy atom. The van der Waals surface area contributed by atoms with Crippen LogP contribution in [0.15, 0.2) is 22.8 Å². The van der Waals surface area contributed by atoms with E-state index in [1.807, 2.05) is 0 Å². The number of alkyl halides is 2. The molecule has 4 aliphatic carbocycles. The van der Waals surface area contributed by atoms with Crippen LogP contribution in [0.25, 0.3) is 0 Å². The van der Waals surface area contributed by atoms with E-state index in [0.717, 1.165) is 21.7 Å². The van der Waals surface area contributed by atoms with E-state index in [2.05, 4.69) is 51.3 Å². The second-order valence-electron chi connectivity index (χ2n) is 4.87. The Labute approximate surface area is 110 Å². The molecule has 0 heterocycles. The van der Waals surface area contributed by atoms with Crippen molar-refractivity contribution in [1.29, 1.82) is 0 Å². The summed E-state index contributed by atoms with van der Waals surface area (Å²) in [6.45, 7) is 0.334. The van der Waals surface area contributed by atoms with Crippen molar-refractivity contribution in [2.75, 3.05) is 6.61 Å². The van der Waals surface area contributed by atoms with Gasteiger partial charge < -0.3 is 5.11 Å². The van der Waals surface area contributed by atoms with Crippen LogP contribution in [0, 0.1) is 17.8 Å². The molecule has 2 fully saturated rings. The minimum absolute atomic E-state index is 0.108. The van der Waals surface area contributed by atoms with Crippen molar-refractivity contribution in [2.45, 2.75) is 13.8 Å². The number of rotatable bonds is 1. The van der Waals surface area contributed by atoms with Gasteiger partial charge in [-0.2, -0.15) is 0 Å². The standard InChI is InChI=1S/C11H10I2O/c12-10-5-2-7-8-4(5)1-6(10)9(8)11(7,13)3-14/h2,6,8-10,14H,1,3H2/t6?,8?,9?,10-,11?/m1/s1. The van der Waals surface area contributed by atoms with E-state index in [-0.39, 0.29) is 3.42 Å². The molecule has 2 saturated carbocycles. The van der Waals surface area contributed by atoms with Crippen LogP contribution in [0.4, 0.5) is 0 Å². The second kappa shape index (κ2) is 2.42. The highest BCUT2D eigenvalue weighted by atomic mass is 127. The SMILES string of the molecule is OCC1(I)C2=CC3=C4CC(C1C24)[C@@H]3I. The number of hydrogen-bond donors (Lipinski definition) is 1. The lowest BCUT2D eigenvalue weighted by Gasteiger charge is -2.52. The van der Waals surface area contributed by atoms with Gasteiger partial charge >= 0.3 is 0 Å². The fourth-order valence-electron chi connectivity index (χ4n) is 4.05. The zero-order valence-corrected chi connectivity index (χ0v) is 11.8. The lowest BCUT2D eigenvalue weighted by molar-refractivity contribution is 0.140. The van der Waals surface area contributed by atoms with Gasteiger partial charge in [-0.1, -0.05) is 56.8 Å². The summed E-state index contributed by atoms with van der Waals surface area (Å²) in [5, 5.41) is 9.57. The minimum atomic E-state index is 0.108. The van der Waals surface area contributed by atoms with Crippen molar-refractivity contribution in [3.8, 4) is 0 Å². The lowest BCUT2D eigenvalue weighted by atomic mass is 9.60. The highest BCUT2D eigenvalue weighted by Crippen LogP contribution is 2.74. The van der Waals surface area contributed by atoms with E-state index in [1.165, 1.54) is 12.0 Å². The average Bonchev–Trinajstić information content (AvgIpc) is 2.70. The number of halogens is 2. The molecule has 0 spiro atoms. The monoisotopic (exact) mass is 412 g/mol. The molecule has 5 atom stereocenters. The zero-order valence-electron chi connectivity index (χ0n) is 7.50. The van der Waals surface area contributed by atoms with Gasteiger partial charge in [0, 0.05) is 9.84 Å². The molecule has 4 rings (SSSR count). The molecule has 1 nitrogen and oxygen atoms in total. The van der Waals surface area contributed by atoms with Crippen molar-refractivity contribution >= 4 is 45.2 Å². The largest absolute Gasteiger partial charge is 0.395 e. The number of aliphatic hydroxyl groups is 1. The number of fused-ring (bicyclic) bond motifs is 2. The molecule has 4 unspecified atom stereocenters. The summed E-state index contributed by atoms with van der Waals surface area (Å²) in [5.41, 5.74) is 4.89. The maximum Gasteiger partial charge on any atom is 0.0709 e. The summed E-state index contributed by atoms with van der Waals surface area (Å²) in [6, 6.07) is 0. The van der Waals surface area contributed by atoms with Crippen molar-refractivity contribution in [3.05, 3.63) is 22.8 Å². The van der Waals surface area contributed by atoms with E-state index in [4.69, 9.17) is 0 Å². The van der Waals surface area contributed by atoms with Crippen LogP contribution in [-0.2, 0) is 0 Å². The Hall–Kier alpha value is 0.900. The molecule has 74 valence electrons. The van der Waals surface area contributed by atoms with E-state index in [0.29, 0.717) is 6.61 Å². The maximum atomic E-state index is 9.57. The molecule has 3 heteroatoms. The zero-order chi connectivity index (χ0) is 9.66. The third kappa shape index (κ3) is 0.678. The van der Waals surface area contributed by atoms with Gasteiger partial charge in [0.25, 0.3) is 0 Å². The molecule has 0 aromatic carbocycles. The molecule has 0 radical (unpaired) electrons. The quantitative estimate of drug-likeness (QED) is 0.519. The number of allylic oxidation sites excluding steroid dienone is 3. The third-order valence-electron chi connectivity index (χ3n) is 4.58. The Morgan fingerprint density at radius 3 is 3.07 bits per heavy atom. The first-order chi connectivity index (χ1) is 6.68. The van der Waals surface area contributed by atoms with Crippen LogP contribution in [0.2, 0.25) is 0 Å². The minimum Gasteiger partial charge on any atom is -0.395 e. The lowest BCUT2D eigenvalue weighted by Crippen LogP contribution is -2.55. The normalized spacial score (nSPS) is 56.6. The molecule has 4 aliphatic rings. The fourth-order valence-corrected chi connectivity index (χ4v) is 6.64. The van der Waals surface area contributed by atoms with Crippen molar-refractivity contribution < 1.29 is 5.11 Å². The summed E-state index contributed by atoms with van der Waals surface area (Å²) < 4.78 is 0.848. The average molecular weight is 412 g/mol. The van der Waals surface area contributed by atoms with E-state index < -0.39 is 0 Å². The highest BCUT2D eigenvalue weighted by Gasteiger charge is 2.70. The number of aliphatic hydroxyl groups excluding tert-OH is 1. The summed E-state index contributed by atoms with van der Waals surface area (Å²) in [6.07, 6.45) is 3.73. The highest BCUT2D eigenvalue weighted by molar-refractivity contribution is 14.1. The Kier molecular flexibility index (Phi) is 1.55. The van der Waals surface area contributed by atoms with E-state index >= 15 is 0 Å². The first kappa shape index (κ1) is 8.98. The van der Waals surface area contributed by atoms with Crippen molar-refractivity contribution in [3.63, 3.8) is 0 Å². The first-order valence-corrected chi connectivity index (χ1v) is 7.40.